The number of carbonyl (C=O) groups is 2. The van der Waals surface area contributed by atoms with Crippen LogP contribution in [0.5, 0.6) is 5.75 Å². The summed E-state index contributed by atoms with van der Waals surface area (Å²) in [7, 11) is 0. The third-order valence-corrected chi connectivity index (χ3v) is 2.60. The van der Waals surface area contributed by atoms with E-state index in [1.807, 2.05) is 0 Å². The molecule has 1 heterocycles. The van der Waals surface area contributed by atoms with Crippen LogP contribution >= 0.6 is 0 Å². The molecule has 1 aliphatic heterocycles. The lowest BCUT2D eigenvalue weighted by Crippen LogP contribution is -2.36. The summed E-state index contributed by atoms with van der Waals surface area (Å²) in [4.78, 5) is 22.7. The molecule has 1 atom stereocenters. The van der Waals surface area contributed by atoms with E-state index in [0.29, 0.717) is 18.6 Å². The quantitative estimate of drug-likeness (QED) is 0.613. The molecule has 1 amide bonds. The van der Waals surface area contributed by atoms with E-state index in [9.17, 15) is 14.7 Å². The van der Waals surface area contributed by atoms with E-state index < -0.39 is 12.0 Å². The van der Waals surface area contributed by atoms with Gasteiger partial charge in [-0.05, 0) is 12.1 Å². The summed E-state index contributed by atoms with van der Waals surface area (Å²) in [6.07, 6.45) is 3.26. The normalized spacial score (nSPS) is 18.9. The maximum atomic E-state index is 11.5. The van der Waals surface area contributed by atoms with Gasteiger partial charge in [0.25, 0.3) is 0 Å². The Balaban J connectivity index is 1.95. The number of hydrogen-bond acceptors (Lipinski definition) is 4. The van der Waals surface area contributed by atoms with Gasteiger partial charge >= 0.3 is 5.97 Å². The molecule has 0 unspecified atom stereocenters. The van der Waals surface area contributed by atoms with Crippen LogP contribution in [0.3, 0.4) is 0 Å². The van der Waals surface area contributed by atoms with Crippen LogP contribution in [0.2, 0.25) is 0 Å². The van der Waals surface area contributed by atoms with E-state index >= 15 is 0 Å². The maximum absolute atomic E-state index is 11.5. The Hall–Kier alpha value is -2.30. The van der Waals surface area contributed by atoms with Gasteiger partial charge in [-0.25, -0.2) is 4.79 Å². The highest BCUT2D eigenvalue weighted by atomic mass is 16.5. The molecule has 5 nitrogen and oxygen atoms in total. The molecule has 1 saturated heterocycles. The summed E-state index contributed by atoms with van der Waals surface area (Å²) < 4.78 is 4.73. The smallest absolute Gasteiger partial charge is 0.328 e. The number of aromatic hydroxyl groups is 1. The predicted molar refractivity (Wildman–Crippen MR) is 64.6 cm³/mol. The van der Waals surface area contributed by atoms with Crippen molar-refractivity contribution in [3.05, 3.63) is 35.9 Å². The van der Waals surface area contributed by atoms with Gasteiger partial charge in [-0.2, -0.15) is 0 Å². The number of rotatable bonds is 3. The average molecular weight is 247 g/mol. The highest BCUT2D eigenvalue weighted by molar-refractivity contribution is 5.95. The Bertz CT molecular complexity index is 496. The average Bonchev–Trinajstić information content (AvgIpc) is 2.74. The van der Waals surface area contributed by atoms with Crippen LogP contribution in [0.1, 0.15) is 12.0 Å². The third kappa shape index (κ3) is 2.88. The van der Waals surface area contributed by atoms with Crippen molar-refractivity contribution in [2.75, 3.05) is 6.61 Å². The number of amides is 1. The van der Waals surface area contributed by atoms with Crippen molar-refractivity contribution in [2.45, 2.75) is 12.5 Å². The van der Waals surface area contributed by atoms with Gasteiger partial charge in [-0.1, -0.05) is 18.2 Å². The number of hydrogen-bond donors (Lipinski definition) is 2. The van der Waals surface area contributed by atoms with Gasteiger partial charge < -0.3 is 15.2 Å². The standard InChI is InChI=1S/C13H13NO4/c15-11-4-2-1-3-9(11)5-6-12(16)14-10-7-8-18-13(10)17/h1-6,10,15H,7-8H2,(H,14,16)/b6-5+/t10-/m0/s1. The number of carbonyl (C=O) groups excluding carboxylic acids is 2. The summed E-state index contributed by atoms with van der Waals surface area (Å²) in [5.74, 6) is -0.691. The third-order valence-electron chi connectivity index (χ3n) is 2.60. The van der Waals surface area contributed by atoms with E-state index in [1.165, 1.54) is 18.2 Å². The predicted octanol–water partition coefficient (Wildman–Crippen LogP) is 0.837. The van der Waals surface area contributed by atoms with Crippen molar-refractivity contribution < 1.29 is 19.4 Å². The molecule has 94 valence electrons. The van der Waals surface area contributed by atoms with Gasteiger partial charge in [0.2, 0.25) is 5.91 Å². The summed E-state index contributed by atoms with van der Waals surface area (Å²) in [5, 5.41) is 12.0. The number of esters is 1. The van der Waals surface area contributed by atoms with E-state index in [4.69, 9.17) is 4.74 Å². The first-order valence-corrected chi connectivity index (χ1v) is 5.60. The van der Waals surface area contributed by atoms with Gasteiger partial charge in [0, 0.05) is 18.1 Å². The first-order valence-electron chi connectivity index (χ1n) is 5.60. The van der Waals surface area contributed by atoms with Crippen LogP contribution in [0, 0.1) is 0 Å². The summed E-state index contributed by atoms with van der Waals surface area (Å²) in [6.45, 7) is 0.340. The molecule has 0 radical (unpaired) electrons. The molecule has 0 aromatic heterocycles. The Morgan fingerprint density at radius 2 is 2.22 bits per heavy atom. The largest absolute Gasteiger partial charge is 0.507 e. The molecule has 0 spiro atoms. The van der Waals surface area contributed by atoms with E-state index in [2.05, 4.69) is 5.32 Å². The number of nitrogens with one attached hydrogen (secondary N) is 1. The van der Waals surface area contributed by atoms with Crippen molar-refractivity contribution in [1.82, 2.24) is 5.32 Å². The van der Waals surface area contributed by atoms with Crippen LogP contribution in [0.25, 0.3) is 6.08 Å². The minimum Gasteiger partial charge on any atom is -0.507 e. The fourth-order valence-electron chi connectivity index (χ4n) is 1.64. The van der Waals surface area contributed by atoms with Crippen molar-refractivity contribution in [1.29, 1.82) is 0 Å². The lowest BCUT2D eigenvalue weighted by molar-refractivity contribution is -0.140. The van der Waals surface area contributed by atoms with Crippen molar-refractivity contribution >= 4 is 18.0 Å². The Morgan fingerprint density at radius 3 is 2.89 bits per heavy atom. The molecule has 0 saturated carbocycles. The number of benzene rings is 1. The molecule has 1 aromatic rings. The van der Waals surface area contributed by atoms with E-state index in [-0.39, 0.29) is 11.7 Å². The van der Waals surface area contributed by atoms with Gasteiger partial charge in [0.1, 0.15) is 11.8 Å². The molecule has 1 aliphatic rings. The maximum Gasteiger partial charge on any atom is 0.328 e. The van der Waals surface area contributed by atoms with Crippen LogP contribution in [-0.2, 0) is 14.3 Å². The highest BCUT2D eigenvalue weighted by Crippen LogP contribution is 2.16. The summed E-state index contributed by atoms with van der Waals surface area (Å²) in [6, 6.07) is 6.11. The minimum atomic E-state index is -0.563. The second kappa shape index (κ2) is 5.35. The Kier molecular flexibility index (Phi) is 3.62. The summed E-state index contributed by atoms with van der Waals surface area (Å²) >= 11 is 0. The van der Waals surface area contributed by atoms with Gasteiger partial charge in [0.15, 0.2) is 0 Å². The second-order valence-corrected chi connectivity index (χ2v) is 3.91. The topological polar surface area (TPSA) is 75.6 Å². The number of ether oxygens (including phenoxy) is 1. The van der Waals surface area contributed by atoms with E-state index in [0.717, 1.165) is 0 Å². The van der Waals surface area contributed by atoms with Crippen LogP contribution < -0.4 is 5.32 Å². The van der Waals surface area contributed by atoms with Crippen molar-refractivity contribution in [3.63, 3.8) is 0 Å². The number of cyclic esters (lactones) is 1. The molecule has 2 N–H and O–H groups in total. The van der Waals surface area contributed by atoms with Crippen LogP contribution in [0.4, 0.5) is 0 Å². The lowest BCUT2D eigenvalue weighted by atomic mass is 10.2. The molecule has 1 aromatic carbocycles. The summed E-state index contributed by atoms with van der Waals surface area (Å²) in [5.41, 5.74) is 0.543. The minimum absolute atomic E-state index is 0.0989. The molecule has 1 fully saturated rings. The molecule has 5 heteroatoms. The van der Waals surface area contributed by atoms with E-state index in [1.54, 1.807) is 18.2 Å². The fourth-order valence-corrected chi connectivity index (χ4v) is 1.64. The SMILES string of the molecule is O=C(/C=C/c1ccccc1O)N[C@H]1CCOC1=O. The zero-order valence-corrected chi connectivity index (χ0v) is 9.63. The zero-order valence-electron chi connectivity index (χ0n) is 9.63. The lowest BCUT2D eigenvalue weighted by Gasteiger charge is -2.05. The van der Waals surface area contributed by atoms with Crippen LogP contribution in [0.15, 0.2) is 30.3 Å². The second-order valence-electron chi connectivity index (χ2n) is 3.91. The highest BCUT2D eigenvalue weighted by Gasteiger charge is 2.27. The molecule has 0 aliphatic carbocycles. The van der Waals surface area contributed by atoms with Gasteiger partial charge in [-0.15, -0.1) is 0 Å². The first-order chi connectivity index (χ1) is 8.66. The monoisotopic (exact) mass is 247 g/mol. The Labute approximate surface area is 104 Å². The van der Waals surface area contributed by atoms with Crippen molar-refractivity contribution in [3.8, 4) is 5.75 Å². The number of para-hydroxylation sites is 1. The van der Waals surface area contributed by atoms with Crippen LogP contribution in [-0.4, -0.2) is 29.6 Å². The van der Waals surface area contributed by atoms with Gasteiger partial charge in [-0.3, -0.25) is 4.79 Å². The number of phenolic OH excluding ortho intramolecular Hbond substituents is 1. The first kappa shape index (κ1) is 12.2. The molecular weight excluding hydrogens is 234 g/mol. The van der Waals surface area contributed by atoms with Gasteiger partial charge in [0.05, 0.1) is 6.61 Å². The van der Waals surface area contributed by atoms with Crippen molar-refractivity contribution in [2.24, 2.45) is 0 Å². The molecular formula is C13H13NO4. The molecule has 2 rings (SSSR count). The Morgan fingerprint density at radius 1 is 1.44 bits per heavy atom. The zero-order chi connectivity index (χ0) is 13.0. The molecule has 18 heavy (non-hydrogen) atoms. The molecule has 0 bridgehead atoms. The number of phenols is 1. The fraction of sp³-hybridized carbons (Fsp3) is 0.231.